The molecule has 0 radical (unpaired) electrons. The molecule has 23 heavy (non-hydrogen) atoms. The van der Waals surface area contributed by atoms with Crippen LogP contribution in [0.2, 0.25) is 10.0 Å². The van der Waals surface area contributed by atoms with Gasteiger partial charge in [0, 0.05) is 16.1 Å². The molecule has 0 spiro atoms. The highest BCUT2D eigenvalue weighted by Crippen LogP contribution is 2.22. The Labute approximate surface area is 147 Å². The quantitative estimate of drug-likeness (QED) is 0.803. The molecule has 0 saturated heterocycles. The highest BCUT2D eigenvalue weighted by molar-refractivity contribution is 6.31. The van der Waals surface area contributed by atoms with Crippen LogP contribution in [-0.2, 0) is 4.79 Å². The Hall–Kier alpha value is -1.55. The Bertz CT molecular complexity index is 676. The minimum absolute atomic E-state index is 0.00377. The van der Waals surface area contributed by atoms with Crippen LogP contribution >= 0.6 is 23.2 Å². The molecule has 0 fully saturated rings. The molecule has 0 aliphatic carbocycles. The maximum Gasteiger partial charge on any atom is 0.234 e. The number of carbonyl (C=O) groups excluding carboxylic acids is 1. The molecule has 5 heteroatoms. The van der Waals surface area contributed by atoms with Crippen LogP contribution in [0.25, 0.3) is 0 Å². The van der Waals surface area contributed by atoms with E-state index in [1.165, 1.54) is 0 Å². The second-order valence-corrected chi connectivity index (χ2v) is 6.31. The predicted octanol–water partition coefficient (Wildman–Crippen LogP) is 4.52. The van der Waals surface area contributed by atoms with Crippen molar-refractivity contribution in [1.29, 1.82) is 0 Å². The van der Waals surface area contributed by atoms with Gasteiger partial charge in [-0.05, 0) is 43.2 Å². The van der Waals surface area contributed by atoms with Gasteiger partial charge in [0.1, 0.15) is 0 Å². The van der Waals surface area contributed by atoms with Crippen molar-refractivity contribution in [2.75, 3.05) is 6.54 Å². The van der Waals surface area contributed by atoms with Gasteiger partial charge in [-0.15, -0.1) is 0 Å². The molecule has 0 unspecified atom stereocenters. The molecule has 0 aliphatic rings. The Morgan fingerprint density at radius 2 is 1.78 bits per heavy atom. The number of hydrogen-bond donors (Lipinski definition) is 2. The van der Waals surface area contributed by atoms with E-state index >= 15 is 0 Å². The first kappa shape index (κ1) is 17.8. The van der Waals surface area contributed by atoms with Crippen LogP contribution in [0.5, 0.6) is 0 Å². The summed E-state index contributed by atoms with van der Waals surface area (Å²) in [5.74, 6) is -0.0728. The van der Waals surface area contributed by atoms with Gasteiger partial charge >= 0.3 is 0 Å². The lowest BCUT2D eigenvalue weighted by Crippen LogP contribution is -2.36. The molecule has 122 valence electrons. The smallest absolute Gasteiger partial charge is 0.234 e. The average molecular weight is 351 g/mol. The summed E-state index contributed by atoms with van der Waals surface area (Å²) in [4.78, 5) is 12.1. The van der Waals surface area contributed by atoms with Crippen molar-refractivity contribution < 1.29 is 4.79 Å². The molecular formula is C18H20Cl2N2O. The first-order chi connectivity index (χ1) is 11.0. The van der Waals surface area contributed by atoms with Gasteiger partial charge in [-0.1, -0.05) is 53.5 Å². The van der Waals surface area contributed by atoms with Crippen LogP contribution in [0.1, 0.15) is 37.1 Å². The van der Waals surface area contributed by atoms with Gasteiger partial charge in [-0.25, -0.2) is 0 Å². The van der Waals surface area contributed by atoms with Crippen LogP contribution in [-0.4, -0.2) is 12.5 Å². The summed E-state index contributed by atoms with van der Waals surface area (Å²) in [6, 6.07) is 15.0. The molecule has 2 aromatic carbocycles. The van der Waals surface area contributed by atoms with Crippen LogP contribution < -0.4 is 10.6 Å². The maximum atomic E-state index is 12.1. The number of benzene rings is 2. The minimum atomic E-state index is -0.0985. The normalized spacial score (nSPS) is 13.4. The second-order valence-electron chi connectivity index (χ2n) is 5.47. The summed E-state index contributed by atoms with van der Waals surface area (Å²) >= 11 is 12.1. The molecule has 2 N–H and O–H groups in total. The van der Waals surface area contributed by atoms with Crippen molar-refractivity contribution in [3.05, 3.63) is 69.7 Å². The Morgan fingerprint density at radius 3 is 2.48 bits per heavy atom. The molecule has 3 nitrogen and oxygen atoms in total. The van der Waals surface area contributed by atoms with E-state index in [2.05, 4.69) is 10.6 Å². The first-order valence-electron chi connectivity index (χ1n) is 7.50. The summed E-state index contributed by atoms with van der Waals surface area (Å²) < 4.78 is 0. The van der Waals surface area contributed by atoms with Crippen molar-refractivity contribution in [1.82, 2.24) is 10.6 Å². The monoisotopic (exact) mass is 350 g/mol. The van der Waals surface area contributed by atoms with Gasteiger partial charge < -0.3 is 10.6 Å². The third-order valence-corrected chi connectivity index (χ3v) is 4.25. The lowest BCUT2D eigenvalue weighted by atomic mass is 10.1. The molecule has 0 saturated carbocycles. The molecule has 0 bridgehead atoms. The van der Waals surface area contributed by atoms with Gasteiger partial charge in [0.2, 0.25) is 5.91 Å². The van der Waals surface area contributed by atoms with Crippen molar-refractivity contribution in [2.24, 2.45) is 0 Å². The number of hydrogen-bond acceptors (Lipinski definition) is 2. The largest absolute Gasteiger partial charge is 0.348 e. The van der Waals surface area contributed by atoms with Gasteiger partial charge in [0.25, 0.3) is 0 Å². The highest BCUT2D eigenvalue weighted by atomic mass is 35.5. The third-order valence-electron chi connectivity index (χ3n) is 3.67. The van der Waals surface area contributed by atoms with Crippen molar-refractivity contribution in [3.8, 4) is 0 Å². The third kappa shape index (κ3) is 5.24. The van der Waals surface area contributed by atoms with Crippen LogP contribution in [0.4, 0.5) is 0 Å². The molecule has 1 amide bonds. The molecule has 2 atom stereocenters. The molecule has 2 aromatic rings. The number of nitrogens with one attached hydrogen (secondary N) is 2. The van der Waals surface area contributed by atoms with E-state index < -0.39 is 0 Å². The zero-order chi connectivity index (χ0) is 16.8. The fourth-order valence-corrected chi connectivity index (χ4v) is 2.83. The second kappa shape index (κ2) is 8.34. The summed E-state index contributed by atoms with van der Waals surface area (Å²) in [5.41, 5.74) is 1.95. The van der Waals surface area contributed by atoms with E-state index in [9.17, 15) is 4.79 Å². The Morgan fingerprint density at radius 1 is 1.04 bits per heavy atom. The molecule has 0 heterocycles. The van der Waals surface area contributed by atoms with Crippen molar-refractivity contribution >= 4 is 29.1 Å². The van der Waals surface area contributed by atoms with E-state index in [-0.39, 0.29) is 24.5 Å². The number of carbonyl (C=O) groups is 1. The highest BCUT2D eigenvalue weighted by Gasteiger charge is 2.13. The van der Waals surface area contributed by atoms with Gasteiger partial charge in [0.05, 0.1) is 12.6 Å². The SMILES string of the molecule is C[C@H](NC(=O)CN[C@H](C)c1ccccc1Cl)c1cccc(Cl)c1. The summed E-state index contributed by atoms with van der Waals surface area (Å²) in [6.45, 7) is 4.13. The fourth-order valence-electron chi connectivity index (χ4n) is 2.33. The van der Waals surface area contributed by atoms with E-state index in [0.29, 0.717) is 10.0 Å². The van der Waals surface area contributed by atoms with Crippen LogP contribution in [0.15, 0.2) is 48.5 Å². The lowest BCUT2D eigenvalue weighted by Gasteiger charge is -2.18. The number of amides is 1. The fraction of sp³-hybridized carbons (Fsp3) is 0.278. The van der Waals surface area contributed by atoms with E-state index in [0.717, 1.165) is 11.1 Å². The van der Waals surface area contributed by atoms with E-state index in [1.54, 1.807) is 0 Å². The minimum Gasteiger partial charge on any atom is -0.348 e. The Kier molecular flexibility index (Phi) is 6.46. The number of halogens is 2. The van der Waals surface area contributed by atoms with Crippen molar-refractivity contribution in [3.63, 3.8) is 0 Å². The van der Waals surface area contributed by atoms with Gasteiger partial charge in [0.15, 0.2) is 0 Å². The summed E-state index contributed by atoms with van der Waals surface area (Å²) in [5, 5.41) is 7.49. The molecule has 0 aliphatic heterocycles. The van der Waals surface area contributed by atoms with E-state index in [1.807, 2.05) is 62.4 Å². The topological polar surface area (TPSA) is 41.1 Å². The molecule has 0 aromatic heterocycles. The zero-order valence-corrected chi connectivity index (χ0v) is 14.7. The first-order valence-corrected chi connectivity index (χ1v) is 8.25. The number of rotatable bonds is 6. The van der Waals surface area contributed by atoms with Crippen molar-refractivity contribution in [2.45, 2.75) is 25.9 Å². The van der Waals surface area contributed by atoms with Gasteiger partial charge in [-0.2, -0.15) is 0 Å². The van der Waals surface area contributed by atoms with E-state index in [4.69, 9.17) is 23.2 Å². The zero-order valence-electron chi connectivity index (χ0n) is 13.1. The molecule has 2 rings (SSSR count). The summed E-state index contributed by atoms with van der Waals surface area (Å²) in [7, 11) is 0. The average Bonchev–Trinajstić information content (AvgIpc) is 2.53. The molecular weight excluding hydrogens is 331 g/mol. The van der Waals surface area contributed by atoms with Crippen LogP contribution in [0, 0.1) is 0 Å². The Balaban J connectivity index is 1.86. The van der Waals surface area contributed by atoms with Crippen LogP contribution in [0.3, 0.4) is 0 Å². The van der Waals surface area contributed by atoms with Gasteiger partial charge in [-0.3, -0.25) is 4.79 Å². The standard InChI is InChI=1S/C18H20Cl2N2O/c1-12(14-6-5-7-15(19)10-14)22-18(23)11-21-13(2)16-8-3-4-9-17(16)20/h3-10,12-13,21H,11H2,1-2H3,(H,22,23)/t12-,13+/m0/s1. The maximum absolute atomic E-state index is 12.1. The predicted molar refractivity (Wildman–Crippen MR) is 95.9 cm³/mol. The lowest BCUT2D eigenvalue weighted by molar-refractivity contribution is -0.121. The summed E-state index contributed by atoms with van der Waals surface area (Å²) in [6.07, 6.45) is 0.